The van der Waals surface area contributed by atoms with E-state index in [0.717, 1.165) is 16.8 Å². The van der Waals surface area contributed by atoms with Gasteiger partial charge in [0.25, 0.3) is 0 Å². The fourth-order valence-corrected chi connectivity index (χ4v) is 2.73. The number of nitrogens with zero attached hydrogens (tertiary/aromatic N) is 1. The van der Waals surface area contributed by atoms with Crippen molar-refractivity contribution in [1.29, 1.82) is 0 Å². The van der Waals surface area contributed by atoms with E-state index in [4.69, 9.17) is 11.5 Å². The summed E-state index contributed by atoms with van der Waals surface area (Å²) in [5.74, 6) is 0. The highest BCUT2D eigenvalue weighted by molar-refractivity contribution is 5.81. The number of hydrogen-bond acceptors (Lipinski definition) is 4. The van der Waals surface area contributed by atoms with Crippen LogP contribution < -0.4 is 16.8 Å². The number of nitrogen functional groups attached to an aromatic ring is 2. The largest absolute Gasteiger partial charge is 0.399 e. The van der Waals surface area contributed by atoms with E-state index in [0.29, 0.717) is 17.8 Å². The molecule has 116 valence electrons. The van der Waals surface area contributed by atoms with Crippen LogP contribution >= 0.6 is 0 Å². The molecule has 1 aliphatic rings. The second-order valence-corrected chi connectivity index (χ2v) is 5.61. The van der Waals surface area contributed by atoms with E-state index < -0.39 is 5.66 Å². The Bertz CT molecular complexity index is 778. The summed E-state index contributed by atoms with van der Waals surface area (Å²) >= 11 is 0. The third-order valence-electron chi connectivity index (χ3n) is 3.83. The lowest BCUT2D eigenvalue weighted by Crippen LogP contribution is -2.31. The number of allylic oxidation sites excluding steroid dienone is 1. The van der Waals surface area contributed by atoms with Gasteiger partial charge in [0.15, 0.2) is 5.66 Å². The lowest BCUT2D eigenvalue weighted by molar-refractivity contribution is 0.628. The summed E-state index contributed by atoms with van der Waals surface area (Å²) < 4.78 is 0. The van der Waals surface area contributed by atoms with Gasteiger partial charge in [-0.3, -0.25) is 4.99 Å². The first-order chi connectivity index (χ1) is 11.1. The van der Waals surface area contributed by atoms with Crippen molar-refractivity contribution < 1.29 is 0 Å². The van der Waals surface area contributed by atoms with Crippen molar-refractivity contribution in [3.63, 3.8) is 0 Å². The molecule has 3 rings (SSSR count). The van der Waals surface area contributed by atoms with Crippen LogP contribution in [0.15, 0.2) is 72.3 Å². The van der Waals surface area contributed by atoms with Crippen LogP contribution in [0.25, 0.3) is 11.1 Å². The summed E-state index contributed by atoms with van der Waals surface area (Å²) in [5.41, 5.74) is 15.8. The van der Waals surface area contributed by atoms with Gasteiger partial charge in [0.1, 0.15) is 0 Å². The van der Waals surface area contributed by atoms with E-state index in [-0.39, 0.29) is 0 Å². The van der Waals surface area contributed by atoms with Crippen LogP contribution in [0.5, 0.6) is 0 Å². The van der Waals surface area contributed by atoms with Crippen LogP contribution in [-0.4, -0.2) is 11.9 Å². The minimum atomic E-state index is -0.457. The lowest BCUT2D eigenvalue weighted by Gasteiger charge is -2.26. The van der Waals surface area contributed by atoms with Gasteiger partial charge in [-0.2, -0.15) is 0 Å². The maximum atomic E-state index is 6.08. The first-order valence-electron chi connectivity index (χ1n) is 7.49. The minimum absolute atomic E-state index is 0.457. The average Bonchev–Trinajstić information content (AvgIpc) is 2.98. The molecular weight excluding hydrogens is 284 g/mol. The van der Waals surface area contributed by atoms with Crippen LogP contribution in [0.2, 0.25) is 0 Å². The summed E-state index contributed by atoms with van der Waals surface area (Å²) in [7, 11) is 0. The smallest absolute Gasteiger partial charge is 0.152 e. The Labute approximate surface area is 136 Å². The molecule has 0 bridgehead atoms. The van der Waals surface area contributed by atoms with E-state index in [1.54, 1.807) is 12.3 Å². The molecule has 4 nitrogen and oxygen atoms in total. The maximum Gasteiger partial charge on any atom is 0.152 e. The Balaban J connectivity index is 1.94. The molecule has 0 fully saturated rings. The number of anilines is 3. The van der Waals surface area contributed by atoms with Gasteiger partial charge in [0.2, 0.25) is 0 Å². The summed E-state index contributed by atoms with van der Waals surface area (Å²) in [4.78, 5) is 4.52. The van der Waals surface area contributed by atoms with E-state index in [1.807, 2.05) is 48.6 Å². The Kier molecular flexibility index (Phi) is 3.89. The monoisotopic (exact) mass is 304 g/mol. The molecule has 2 aromatic carbocycles. The van der Waals surface area contributed by atoms with Crippen LogP contribution in [0, 0.1) is 0 Å². The van der Waals surface area contributed by atoms with Gasteiger partial charge >= 0.3 is 0 Å². The summed E-state index contributed by atoms with van der Waals surface area (Å²) in [5, 5.41) is 3.47. The van der Waals surface area contributed by atoms with E-state index in [9.17, 15) is 0 Å². The van der Waals surface area contributed by atoms with E-state index in [2.05, 4.69) is 23.0 Å². The van der Waals surface area contributed by atoms with Crippen LogP contribution in [-0.2, 0) is 0 Å². The third kappa shape index (κ3) is 3.11. The average molecular weight is 304 g/mol. The standard InChI is InChI=1S/C19H20N4/c1-2-9-19(10-4-11-22-19)23-16-6-3-5-14(12-16)17-13-15(20)7-8-18(17)21/h2-8,10-13,23H,1,9,20-21H2. The van der Waals surface area contributed by atoms with Gasteiger partial charge < -0.3 is 16.8 Å². The molecule has 0 saturated heterocycles. The predicted octanol–water partition coefficient (Wildman–Crippen LogP) is 3.84. The van der Waals surface area contributed by atoms with Gasteiger partial charge in [-0.15, -0.1) is 6.58 Å². The van der Waals surface area contributed by atoms with Gasteiger partial charge in [-0.1, -0.05) is 18.2 Å². The Morgan fingerprint density at radius 2 is 2.04 bits per heavy atom. The number of aliphatic imine (C=N–C) groups is 1. The molecule has 0 radical (unpaired) electrons. The third-order valence-corrected chi connectivity index (χ3v) is 3.83. The SMILES string of the molecule is C=CCC1(Nc2cccc(-c3cc(N)ccc3N)c2)C=CC=N1. The highest BCUT2D eigenvalue weighted by Crippen LogP contribution is 2.31. The zero-order valence-electron chi connectivity index (χ0n) is 12.9. The van der Waals surface area contributed by atoms with Crippen molar-refractivity contribution in [3.05, 3.63) is 67.3 Å². The molecule has 0 aromatic heterocycles. The Morgan fingerprint density at radius 1 is 1.17 bits per heavy atom. The molecule has 5 N–H and O–H groups in total. The number of nitrogens with one attached hydrogen (secondary N) is 1. The lowest BCUT2D eigenvalue weighted by atomic mass is 10.0. The summed E-state index contributed by atoms with van der Waals surface area (Å²) in [6.45, 7) is 3.82. The fourth-order valence-electron chi connectivity index (χ4n) is 2.73. The zero-order valence-corrected chi connectivity index (χ0v) is 12.9. The topological polar surface area (TPSA) is 76.4 Å². The normalized spacial score (nSPS) is 19.0. The highest BCUT2D eigenvalue weighted by atomic mass is 15.1. The van der Waals surface area contributed by atoms with Crippen molar-refractivity contribution in [2.75, 3.05) is 16.8 Å². The minimum Gasteiger partial charge on any atom is -0.399 e. The molecule has 0 amide bonds. The van der Waals surface area contributed by atoms with Gasteiger partial charge in [0, 0.05) is 35.3 Å². The van der Waals surface area contributed by atoms with Crippen molar-refractivity contribution in [2.24, 2.45) is 4.99 Å². The Morgan fingerprint density at radius 3 is 2.78 bits per heavy atom. The molecule has 0 saturated carbocycles. The van der Waals surface area contributed by atoms with Crippen molar-refractivity contribution >= 4 is 23.3 Å². The molecule has 0 aliphatic carbocycles. The number of hydrogen-bond donors (Lipinski definition) is 3. The van der Waals surface area contributed by atoms with Crippen molar-refractivity contribution in [2.45, 2.75) is 12.1 Å². The molecule has 2 aromatic rings. The van der Waals surface area contributed by atoms with Crippen LogP contribution in [0.4, 0.5) is 17.1 Å². The Hall–Kier alpha value is -3.01. The summed E-state index contributed by atoms with van der Waals surface area (Å²) in [6, 6.07) is 13.6. The highest BCUT2D eigenvalue weighted by Gasteiger charge is 2.25. The zero-order chi connectivity index (χ0) is 16.3. The second-order valence-electron chi connectivity index (χ2n) is 5.61. The quantitative estimate of drug-likeness (QED) is 0.580. The second kappa shape index (κ2) is 6.01. The summed E-state index contributed by atoms with van der Waals surface area (Å²) in [6.07, 6.45) is 8.35. The molecule has 23 heavy (non-hydrogen) atoms. The molecule has 1 aliphatic heterocycles. The first kappa shape index (κ1) is 14.9. The van der Waals surface area contributed by atoms with Crippen molar-refractivity contribution in [3.8, 4) is 11.1 Å². The van der Waals surface area contributed by atoms with Gasteiger partial charge in [-0.05, 0) is 48.0 Å². The van der Waals surface area contributed by atoms with Gasteiger partial charge in [0.05, 0.1) is 0 Å². The molecule has 4 heteroatoms. The predicted molar refractivity (Wildman–Crippen MR) is 99.5 cm³/mol. The number of nitrogens with two attached hydrogens (primary N) is 2. The number of benzene rings is 2. The van der Waals surface area contributed by atoms with Crippen LogP contribution in [0.1, 0.15) is 6.42 Å². The van der Waals surface area contributed by atoms with E-state index in [1.165, 1.54) is 0 Å². The maximum absolute atomic E-state index is 6.08. The van der Waals surface area contributed by atoms with Crippen molar-refractivity contribution in [1.82, 2.24) is 0 Å². The number of rotatable bonds is 5. The molecule has 1 unspecified atom stereocenters. The molecule has 1 heterocycles. The molecular formula is C19H20N4. The molecule has 0 spiro atoms. The van der Waals surface area contributed by atoms with Gasteiger partial charge in [-0.25, -0.2) is 0 Å². The van der Waals surface area contributed by atoms with E-state index >= 15 is 0 Å². The molecule has 1 atom stereocenters. The fraction of sp³-hybridized carbons (Fsp3) is 0.105. The van der Waals surface area contributed by atoms with Crippen LogP contribution in [0.3, 0.4) is 0 Å². The first-order valence-corrected chi connectivity index (χ1v) is 7.49.